The summed E-state index contributed by atoms with van der Waals surface area (Å²) < 4.78 is 5.09. The number of pyridine rings is 1. The lowest BCUT2D eigenvalue weighted by atomic mass is 10.3. The van der Waals surface area contributed by atoms with Crippen LogP contribution in [0.2, 0.25) is 0 Å². The van der Waals surface area contributed by atoms with Gasteiger partial charge in [0.25, 0.3) is 5.95 Å². The van der Waals surface area contributed by atoms with Crippen LogP contribution in [0.4, 0.5) is 16.4 Å². The fraction of sp³-hybridized carbons (Fsp3) is 0.467. The van der Waals surface area contributed by atoms with Crippen LogP contribution in [0.1, 0.15) is 5.89 Å². The molecule has 9 heteroatoms. The maximum absolute atomic E-state index is 12.2. The van der Waals surface area contributed by atoms with Crippen LogP contribution in [0.3, 0.4) is 0 Å². The van der Waals surface area contributed by atoms with Gasteiger partial charge < -0.3 is 24.5 Å². The number of piperazine rings is 1. The molecule has 3 rings (SSSR count). The first kappa shape index (κ1) is 16.0. The van der Waals surface area contributed by atoms with Gasteiger partial charge in [-0.05, 0) is 17.3 Å². The Labute approximate surface area is 140 Å². The van der Waals surface area contributed by atoms with Crippen molar-refractivity contribution in [1.29, 1.82) is 0 Å². The van der Waals surface area contributed by atoms with Crippen LogP contribution in [0.25, 0.3) is 0 Å². The van der Waals surface area contributed by atoms with Crippen LogP contribution in [0.15, 0.2) is 29.0 Å². The van der Waals surface area contributed by atoms with Gasteiger partial charge in [0.1, 0.15) is 0 Å². The monoisotopic (exact) mass is 331 g/mol. The molecule has 1 aliphatic heterocycles. The minimum atomic E-state index is -0.117. The Balaban J connectivity index is 1.46. The lowest BCUT2D eigenvalue weighted by molar-refractivity contribution is 0.192. The molecule has 1 saturated heterocycles. The van der Waals surface area contributed by atoms with E-state index in [1.54, 1.807) is 22.2 Å². The molecule has 0 radical (unpaired) electrons. The van der Waals surface area contributed by atoms with Gasteiger partial charge in [-0.2, -0.15) is 4.98 Å². The first-order valence-corrected chi connectivity index (χ1v) is 7.81. The van der Waals surface area contributed by atoms with Gasteiger partial charge in [0.15, 0.2) is 0 Å². The fourth-order valence-electron chi connectivity index (χ4n) is 2.48. The van der Waals surface area contributed by atoms with Gasteiger partial charge >= 0.3 is 6.03 Å². The Kier molecular flexibility index (Phi) is 4.78. The zero-order chi connectivity index (χ0) is 16.9. The number of amides is 2. The van der Waals surface area contributed by atoms with Crippen molar-refractivity contribution < 1.29 is 9.32 Å². The van der Waals surface area contributed by atoms with Gasteiger partial charge in [-0.25, -0.2) is 4.79 Å². The van der Waals surface area contributed by atoms with E-state index in [1.165, 1.54) is 0 Å². The number of anilines is 2. The molecule has 1 aliphatic rings. The van der Waals surface area contributed by atoms with Crippen LogP contribution < -0.4 is 15.1 Å². The smallest absolute Gasteiger partial charge is 0.317 e. The molecule has 128 valence electrons. The summed E-state index contributed by atoms with van der Waals surface area (Å²) in [6.45, 7) is 3.15. The van der Waals surface area contributed by atoms with Crippen molar-refractivity contribution >= 4 is 17.7 Å². The lowest BCUT2D eigenvalue weighted by Gasteiger charge is -2.35. The molecular formula is C15H21N7O2. The molecular weight excluding hydrogens is 310 g/mol. The van der Waals surface area contributed by atoms with Crippen LogP contribution in [0, 0.1) is 0 Å². The van der Waals surface area contributed by atoms with Gasteiger partial charge in [-0.3, -0.25) is 4.98 Å². The van der Waals surface area contributed by atoms with E-state index in [9.17, 15) is 4.79 Å². The minimum absolute atomic E-state index is 0.117. The third-order valence-corrected chi connectivity index (χ3v) is 3.84. The number of carbonyl (C=O) groups is 1. The predicted molar refractivity (Wildman–Crippen MR) is 88.9 cm³/mol. The minimum Gasteiger partial charge on any atom is -0.368 e. The second-order valence-corrected chi connectivity index (χ2v) is 5.72. The second kappa shape index (κ2) is 7.16. The highest BCUT2D eigenvalue weighted by atomic mass is 16.5. The van der Waals surface area contributed by atoms with E-state index in [1.807, 2.05) is 26.2 Å². The summed E-state index contributed by atoms with van der Waals surface area (Å²) in [5.74, 6) is 0.882. The Morgan fingerprint density at radius 2 is 1.96 bits per heavy atom. The summed E-state index contributed by atoms with van der Waals surface area (Å²) in [5.41, 5.74) is 1.13. The van der Waals surface area contributed by atoms with Gasteiger partial charge in [0.05, 0.1) is 6.54 Å². The highest BCUT2D eigenvalue weighted by Crippen LogP contribution is 2.14. The van der Waals surface area contributed by atoms with E-state index in [0.717, 1.165) is 18.8 Å². The number of urea groups is 1. The number of aromatic nitrogens is 3. The molecule has 0 aromatic carbocycles. The van der Waals surface area contributed by atoms with Gasteiger partial charge in [-0.1, -0.05) is 0 Å². The van der Waals surface area contributed by atoms with Crippen LogP contribution in [0.5, 0.6) is 0 Å². The first-order chi connectivity index (χ1) is 11.6. The standard InChI is InChI=1S/C15H21N7O2/c1-20(2)14-18-13(24-19-14)11-17-15(23)22-9-7-21(8-10-22)12-3-5-16-6-4-12/h3-6H,7-11H2,1-2H3,(H,17,23). The van der Waals surface area contributed by atoms with Gasteiger partial charge in [0.2, 0.25) is 5.89 Å². The average molecular weight is 331 g/mol. The third-order valence-electron chi connectivity index (χ3n) is 3.84. The molecule has 3 heterocycles. The Morgan fingerprint density at radius 3 is 2.58 bits per heavy atom. The number of hydrogen-bond acceptors (Lipinski definition) is 7. The number of carbonyl (C=O) groups excluding carboxylic acids is 1. The van der Waals surface area contributed by atoms with E-state index in [-0.39, 0.29) is 12.6 Å². The van der Waals surface area contributed by atoms with Gasteiger partial charge in [0, 0.05) is 58.4 Å². The highest BCUT2D eigenvalue weighted by Gasteiger charge is 2.21. The Hall–Kier alpha value is -2.84. The van der Waals surface area contributed by atoms with Crippen LogP contribution in [-0.4, -0.2) is 66.3 Å². The van der Waals surface area contributed by atoms with E-state index in [2.05, 4.69) is 25.3 Å². The molecule has 0 atom stereocenters. The maximum Gasteiger partial charge on any atom is 0.317 e. The summed E-state index contributed by atoms with van der Waals surface area (Å²) in [7, 11) is 3.66. The molecule has 2 aromatic heterocycles. The molecule has 0 aliphatic carbocycles. The van der Waals surface area contributed by atoms with Crippen molar-refractivity contribution in [3.8, 4) is 0 Å². The van der Waals surface area contributed by atoms with Crippen LogP contribution >= 0.6 is 0 Å². The number of hydrogen-bond donors (Lipinski definition) is 1. The molecule has 0 spiro atoms. The van der Waals surface area contributed by atoms with E-state index >= 15 is 0 Å². The van der Waals surface area contributed by atoms with Crippen molar-refractivity contribution in [2.24, 2.45) is 0 Å². The number of nitrogens with zero attached hydrogens (tertiary/aromatic N) is 6. The highest BCUT2D eigenvalue weighted by molar-refractivity contribution is 5.74. The quantitative estimate of drug-likeness (QED) is 0.875. The average Bonchev–Trinajstić information content (AvgIpc) is 3.10. The Morgan fingerprint density at radius 1 is 1.25 bits per heavy atom. The molecule has 0 saturated carbocycles. The van der Waals surface area contributed by atoms with E-state index < -0.39 is 0 Å². The number of rotatable bonds is 4. The molecule has 9 nitrogen and oxygen atoms in total. The summed E-state index contributed by atoms with van der Waals surface area (Å²) >= 11 is 0. The zero-order valence-corrected chi connectivity index (χ0v) is 13.8. The third kappa shape index (κ3) is 3.73. The molecule has 24 heavy (non-hydrogen) atoms. The normalized spacial score (nSPS) is 14.6. The summed E-state index contributed by atoms with van der Waals surface area (Å²) in [5, 5.41) is 6.63. The van der Waals surface area contributed by atoms with Crippen molar-refractivity contribution in [3.05, 3.63) is 30.4 Å². The SMILES string of the molecule is CN(C)c1noc(CNC(=O)N2CCN(c3ccncc3)CC2)n1. The molecule has 0 bridgehead atoms. The number of nitrogens with one attached hydrogen (secondary N) is 1. The van der Waals surface area contributed by atoms with Crippen molar-refractivity contribution in [2.75, 3.05) is 50.1 Å². The topological polar surface area (TPSA) is 90.6 Å². The first-order valence-electron chi connectivity index (χ1n) is 7.81. The van der Waals surface area contributed by atoms with Crippen LogP contribution in [-0.2, 0) is 6.54 Å². The Bertz CT molecular complexity index is 665. The second-order valence-electron chi connectivity index (χ2n) is 5.72. The van der Waals surface area contributed by atoms with Gasteiger partial charge in [-0.15, -0.1) is 0 Å². The molecule has 1 fully saturated rings. The largest absolute Gasteiger partial charge is 0.368 e. The fourth-order valence-corrected chi connectivity index (χ4v) is 2.48. The molecule has 2 amide bonds. The van der Waals surface area contributed by atoms with E-state index in [0.29, 0.717) is 24.9 Å². The van der Waals surface area contributed by atoms with Crippen molar-refractivity contribution in [3.63, 3.8) is 0 Å². The van der Waals surface area contributed by atoms with E-state index in [4.69, 9.17) is 4.52 Å². The molecule has 1 N–H and O–H groups in total. The predicted octanol–water partition coefficient (Wildman–Crippen LogP) is 0.562. The summed E-state index contributed by atoms with van der Waals surface area (Å²) in [6, 6.07) is 3.84. The summed E-state index contributed by atoms with van der Waals surface area (Å²) in [4.78, 5) is 26.2. The zero-order valence-electron chi connectivity index (χ0n) is 13.8. The van der Waals surface area contributed by atoms with Crippen molar-refractivity contribution in [2.45, 2.75) is 6.54 Å². The van der Waals surface area contributed by atoms with Crippen molar-refractivity contribution in [1.82, 2.24) is 25.3 Å². The maximum atomic E-state index is 12.2. The molecule has 0 unspecified atom stereocenters. The molecule has 2 aromatic rings. The summed E-state index contributed by atoms with van der Waals surface area (Å²) in [6.07, 6.45) is 3.56. The lowest BCUT2D eigenvalue weighted by Crippen LogP contribution is -2.51.